The van der Waals surface area contributed by atoms with Crippen LogP contribution in [0.1, 0.15) is 43.0 Å². The molecule has 1 saturated carbocycles. The molecule has 0 bridgehead atoms. The molecule has 2 fully saturated rings. The van der Waals surface area contributed by atoms with Crippen LogP contribution in [0, 0.1) is 0 Å². The van der Waals surface area contributed by atoms with E-state index in [2.05, 4.69) is 4.57 Å². The van der Waals surface area contributed by atoms with Gasteiger partial charge in [-0.2, -0.15) is 0 Å². The van der Waals surface area contributed by atoms with Crippen molar-refractivity contribution < 1.29 is 14.6 Å². The SMILES string of the molecule is O=C(Cn1c(C2CC2)nc2ccccc21)N(Cc1ccccc1O)CC1CCCO1. The molecule has 1 aromatic heterocycles. The Balaban J connectivity index is 1.42. The van der Waals surface area contributed by atoms with Crippen molar-refractivity contribution in [3.63, 3.8) is 0 Å². The van der Waals surface area contributed by atoms with E-state index < -0.39 is 0 Å². The minimum Gasteiger partial charge on any atom is -0.508 e. The number of carbonyl (C=O) groups excluding carboxylic acids is 1. The van der Waals surface area contributed by atoms with Gasteiger partial charge in [-0.05, 0) is 43.9 Å². The van der Waals surface area contributed by atoms with Gasteiger partial charge in [-0.3, -0.25) is 4.79 Å². The van der Waals surface area contributed by atoms with Gasteiger partial charge in [0.15, 0.2) is 0 Å². The van der Waals surface area contributed by atoms with E-state index in [1.54, 1.807) is 12.1 Å². The lowest BCUT2D eigenvalue weighted by molar-refractivity contribution is -0.134. The first-order chi connectivity index (χ1) is 14.7. The summed E-state index contributed by atoms with van der Waals surface area (Å²) in [6, 6.07) is 15.2. The Labute approximate surface area is 176 Å². The maximum absolute atomic E-state index is 13.5. The molecule has 1 N–H and O–H groups in total. The fourth-order valence-corrected chi connectivity index (χ4v) is 4.29. The summed E-state index contributed by atoms with van der Waals surface area (Å²) in [6.07, 6.45) is 4.32. The highest BCUT2D eigenvalue weighted by atomic mass is 16.5. The second-order valence-corrected chi connectivity index (χ2v) is 8.36. The molecule has 3 aromatic rings. The molecule has 5 rings (SSSR count). The molecule has 156 valence electrons. The number of phenolic OH excluding ortho intramolecular Hbond substituents is 1. The minimum absolute atomic E-state index is 0.0267. The molecule has 6 nitrogen and oxygen atoms in total. The first-order valence-corrected chi connectivity index (χ1v) is 10.8. The van der Waals surface area contributed by atoms with Gasteiger partial charge in [0.05, 0.1) is 17.1 Å². The number of hydrogen-bond acceptors (Lipinski definition) is 4. The van der Waals surface area contributed by atoms with Crippen molar-refractivity contribution in [2.24, 2.45) is 0 Å². The second kappa shape index (κ2) is 8.11. The Kier molecular flexibility index (Phi) is 5.17. The molecule has 30 heavy (non-hydrogen) atoms. The lowest BCUT2D eigenvalue weighted by Crippen LogP contribution is -2.39. The molecule has 2 heterocycles. The molecule has 1 unspecified atom stereocenters. The number of ether oxygens (including phenoxy) is 1. The van der Waals surface area contributed by atoms with Gasteiger partial charge in [-0.15, -0.1) is 0 Å². The third kappa shape index (κ3) is 3.92. The van der Waals surface area contributed by atoms with Crippen LogP contribution in [0.3, 0.4) is 0 Å². The number of nitrogens with zero attached hydrogens (tertiary/aromatic N) is 3. The normalized spacial score (nSPS) is 18.7. The highest BCUT2D eigenvalue weighted by Crippen LogP contribution is 2.40. The molecule has 1 aliphatic carbocycles. The molecule has 1 atom stereocenters. The average molecular weight is 405 g/mol. The Morgan fingerprint density at radius 2 is 1.93 bits per heavy atom. The van der Waals surface area contributed by atoms with E-state index in [0.29, 0.717) is 19.0 Å². The monoisotopic (exact) mass is 405 g/mol. The predicted octanol–water partition coefficient (Wildman–Crippen LogP) is 3.83. The highest BCUT2D eigenvalue weighted by Gasteiger charge is 2.31. The van der Waals surface area contributed by atoms with Crippen LogP contribution in [0.15, 0.2) is 48.5 Å². The van der Waals surface area contributed by atoms with E-state index in [4.69, 9.17) is 9.72 Å². The minimum atomic E-state index is 0.0267. The van der Waals surface area contributed by atoms with Gasteiger partial charge in [0.2, 0.25) is 5.91 Å². The number of para-hydroxylation sites is 3. The largest absolute Gasteiger partial charge is 0.508 e. The van der Waals surface area contributed by atoms with Crippen molar-refractivity contribution in [1.29, 1.82) is 0 Å². The lowest BCUT2D eigenvalue weighted by Gasteiger charge is -2.26. The van der Waals surface area contributed by atoms with Gasteiger partial charge in [0, 0.05) is 31.2 Å². The van der Waals surface area contributed by atoms with Crippen LogP contribution in [-0.2, 0) is 22.6 Å². The zero-order valence-corrected chi connectivity index (χ0v) is 17.0. The summed E-state index contributed by atoms with van der Waals surface area (Å²) in [5, 5.41) is 10.2. The van der Waals surface area contributed by atoms with Crippen LogP contribution in [0.2, 0.25) is 0 Å². The summed E-state index contributed by atoms with van der Waals surface area (Å²) < 4.78 is 7.89. The predicted molar refractivity (Wildman–Crippen MR) is 114 cm³/mol. The fraction of sp³-hybridized carbons (Fsp3) is 0.417. The van der Waals surface area contributed by atoms with Gasteiger partial charge in [0.1, 0.15) is 18.1 Å². The van der Waals surface area contributed by atoms with Crippen LogP contribution < -0.4 is 0 Å². The third-order valence-corrected chi connectivity index (χ3v) is 6.07. The van der Waals surface area contributed by atoms with Crippen LogP contribution in [0.25, 0.3) is 11.0 Å². The van der Waals surface area contributed by atoms with Gasteiger partial charge in [-0.1, -0.05) is 30.3 Å². The van der Waals surface area contributed by atoms with Crippen LogP contribution in [0.4, 0.5) is 0 Å². The van der Waals surface area contributed by atoms with E-state index in [-0.39, 0.29) is 24.3 Å². The van der Waals surface area contributed by atoms with Gasteiger partial charge < -0.3 is 19.3 Å². The Bertz CT molecular complexity index is 1050. The number of benzene rings is 2. The zero-order chi connectivity index (χ0) is 20.5. The fourth-order valence-electron chi connectivity index (χ4n) is 4.29. The summed E-state index contributed by atoms with van der Waals surface area (Å²) in [5.41, 5.74) is 2.70. The zero-order valence-electron chi connectivity index (χ0n) is 17.0. The summed E-state index contributed by atoms with van der Waals surface area (Å²) in [6.45, 7) is 1.92. The number of amides is 1. The molecule has 1 aliphatic heterocycles. The first-order valence-electron chi connectivity index (χ1n) is 10.8. The average Bonchev–Trinajstić information content (AvgIpc) is 3.35. The van der Waals surface area contributed by atoms with Gasteiger partial charge in [-0.25, -0.2) is 4.98 Å². The summed E-state index contributed by atoms with van der Waals surface area (Å²) in [4.78, 5) is 20.1. The summed E-state index contributed by atoms with van der Waals surface area (Å²) in [5.74, 6) is 1.72. The smallest absolute Gasteiger partial charge is 0.242 e. The Morgan fingerprint density at radius 3 is 2.70 bits per heavy atom. The maximum Gasteiger partial charge on any atom is 0.242 e. The number of aromatic hydroxyl groups is 1. The van der Waals surface area contributed by atoms with Crippen molar-refractivity contribution in [2.75, 3.05) is 13.2 Å². The van der Waals surface area contributed by atoms with Gasteiger partial charge >= 0.3 is 0 Å². The molecule has 0 spiro atoms. The molecule has 6 heteroatoms. The van der Waals surface area contributed by atoms with Crippen LogP contribution >= 0.6 is 0 Å². The molecular formula is C24H27N3O3. The number of phenols is 1. The van der Waals surface area contributed by atoms with E-state index in [9.17, 15) is 9.90 Å². The highest BCUT2D eigenvalue weighted by molar-refractivity contribution is 5.81. The number of aromatic nitrogens is 2. The molecule has 0 radical (unpaired) electrons. The first kappa shape index (κ1) is 19.1. The summed E-state index contributed by atoms with van der Waals surface area (Å²) >= 11 is 0. The van der Waals surface area contributed by atoms with Crippen molar-refractivity contribution in [3.05, 3.63) is 59.9 Å². The number of fused-ring (bicyclic) bond motifs is 1. The third-order valence-electron chi connectivity index (χ3n) is 6.07. The van der Waals surface area contributed by atoms with Crippen molar-refractivity contribution in [2.45, 2.75) is 50.8 Å². The number of hydrogen-bond donors (Lipinski definition) is 1. The molecular weight excluding hydrogens is 378 g/mol. The van der Waals surface area contributed by atoms with Crippen molar-refractivity contribution >= 4 is 16.9 Å². The number of rotatable bonds is 7. The quantitative estimate of drug-likeness (QED) is 0.649. The molecule has 1 saturated heterocycles. The Hall–Kier alpha value is -2.86. The van der Waals surface area contributed by atoms with Crippen LogP contribution in [-0.4, -0.2) is 44.7 Å². The second-order valence-electron chi connectivity index (χ2n) is 8.36. The number of imidazole rings is 1. The van der Waals surface area contributed by atoms with E-state index in [1.165, 1.54) is 0 Å². The Morgan fingerprint density at radius 1 is 1.13 bits per heavy atom. The maximum atomic E-state index is 13.5. The van der Waals surface area contributed by atoms with Crippen LogP contribution in [0.5, 0.6) is 5.75 Å². The number of carbonyl (C=O) groups is 1. The van der Waals surface area contributed by atoms with Gasteiger partial charge in [0.25, 0.3) is 0 Å². The van der Waals surface area contributed by atoms with Crippen molar-refractivity contribution in [1.82, 2.24) is 14.5 Å². The summed E-state index contributed by atoms with van der Waals surface area (Å²) in [7, 11) is 0. The van der Waals surface area contributed by atoms with Crippen molar-refractivity contribution in [3.8, 4) is 5.75 Å². The van der Waals surface area contributed by atoms with E-state index in [1.807, 2.05) is 41.3 Å². The van der Waals surface area contributed by atoms with E-state index >= 15 is 0 Å². The topological polar surface area (TPSA) is 67.6 Å². The molecule has 1 amide bonds. The lowest BCUT2D eigenvalue weighted by atomic mass is 10.1. The molecule has 2 aliphatic rings. The molecule has 2 aromatic carbocycles. The standard InChI is InChI=1S/C24H27N3O3/c28-22-10-4-1-6-18(22)14-26(15-19-7-5-13-30-19)23(29)16-27-21-9-3-2-8-20(21)25-24(27)17-11-12-17/h1-4,6,8-10,17,19,28H,5,7,11-16H2. The van der Waals surface area contributed by atoms with E-state index in [0.717, 1.165) is 54.7 Å².